The number of aromatic nitrogens is 2. The zero-order valence-corrected chi connectivity index (χ0v) is 11.8. The molecular weight excluding hydrogens is 262 g/mol. The van der Waals surface area contributed by atoms with Crippen molar-refractivity contribution < 1.29 is 5.11 Å². The lowest BCUT2D eigenvalue weighted by Crippen LogP contribution is -2.33. The van der Waals surface area contributed by atoms with Crippen LogP contribution < -0.4 is 0 Å². The van der Waals surface area contributed by atoms with Gasteiger partial charge in [0, 0.05) is 5.92 Å². The number of piperidine rings is 1. The number of fused-ring (bicyclic) bond motifs is 1. The highest BCUT2D eigenvalue weighted by Gasteiger charge is 2.24. The van der Waals surface area contributed by atoms with E-state index in [1.807, 2.05) is 10.5 Å². The first-order valence-corrected chi connectivity index (χ1v) is 7.15. The molecule has 0 saturated carbocycles. The molecule has 1 aliphatic rings. The summed E-state index contributed by atoms with van der Waals surface area (Å²) in [4.78, 5) is 6.95. The zero-order valence-electron chi connectivity index (χ0n) is 11.0. The van der Waals surface area contributed by atoms with E-state index in [2.05, 4.69) is 16.8 Å². The highest BCUT2D eigenvalue weighted by molar-refractivity contribution is 6.32. The molecule has 1 saturated heterocycles. The van der Waals surface area contributed by atoms with Gasteiger partial charge in [-0.3, -0.25) is 4.40 Å². The monoisotopic (exact) mass is 279 g/mol. The largest absolute Gasteiger partial charge is 0.506 e. The maximum absolute atomic E-state index is 9.64. The predicted molar refractivity (Wildman–Crippen MR) is 76.0 cm³/mol. The van der Waals surface area contributed by atoms with Crippen molar-refractivity contribution in [3.8, 4) is 5.75 Å². The summed E-state index contributed by atoms with van der Waals surface area (Å²) in [5.41, 5.74) is 0.868. The average Bonchev–Trinajstić information content (AvgIpc) is 2.75. The number of rotatable bonds is 2. The lowest BCUT2D eigenvalue weighted by molar-refractivity contribution is 0.219. The molecule has 0 aliphatic carbocycles. The van der Waals surface area contributed by atoms with Crippen LogP contribution in [0.2, 0.25) is 5.15 Å². The summed E-state index contributed by atoms with van der Waals surface area (Å²) in [7, 11) is 0. The molecule has 0 spiro atoms. The van der Waals surface area contributed by atoms with Crippen LogP contribution in [0.4, 0.5) is 0 Å². The van der Waals surface area contributed by atoms with Crippen molar-refractivity contribution in [3.63, 3.8) is 0 Å². The van der Waals surface area contributed by atoms with E-state index in [1.54, 1.807) is 12.3 Å². The predicted octanol–water partition coefficient (Wildman–Crippen LogP) is 2.89. The normalized spacial score (nSPS) is 18.2. The summed E-state index contributed by atoms with van der Waals surface area (Å²) in [6.45, 7) is 5.51. The van der Waals surface area contributed by atoms with Gasteiger partial charge in [0.15, 0.2) is 5.15 Å². The fourth-order valence-electron chi connectivity index (χ4n) is 2.85. The topological polar surface area (TPSA) is 40.8 Å². The Morgan fingerprint density at radius 2 is 2.11 bits per heavy atom. The number of aromatic hydroxyl groups is 1. The van der Waals surface area contributed by atoms with Crippen LogP contribution in [0.25, 0.3) is 5.52 Å². The Balaban J connectivity index is 1.95. The van der Waals surface area contributed by atoms with Gasteiger partial charge in [-0.25, -0.2) is 4.98 Å². The van der Waals surface area contributed by atoms with Gasteiger partial charge in [0.1, 0.15) is 11.6 Å². The molecule has 1 N–H and O–H groups in total. The quantitative estimate of drug-likeness (QED) is 0.919. The maximum atomic E-state index is 9.64. The van der Waals surface area contributed by atoms with Crippen LogP contribution in [0.5, 0.6) is 5.75 Å². The van der Waals surface area contributed by atoms with Gasteiger partial charge in [-0.05, 0) is 44.6 Å². The molecule has 1 fully saturated rings. The molecule has 102 valence electrons. The van der Waals surface area contributed by atoms with Crippen molar-refractivity contribution in [1.29, 1.82) is 0 Å². The first-order valence-electron chi connectivity index (χ1n) is 6.78. The van der Waals surface area contributed by atoms with E-state index in [0.717, 1.165) is 43.8 Å². The molecule has 2 aromatic heterocycles. The van der Waals surface area contributed by atoms with E-state index < -0.39 is 0 Å². The van der Waals surface area contributed by atoms with Crippen LogP contribution in [0.3, 0.4) is 0 Å². The number of hydrogen-bond acceptors (Lipinski definition) is 3. The minimum atomic E-state index is 0.244. The average molecular weight is 280 g/mol. The van der Waals surface area contributed by atoms with Gasteiger partial charge >= 0.3 is 0 Å². The summed E-state index contributed by atoms with van der Waals surface area (Å²) in [6.07, 6.45) is 3.90. The smallest absolute Gasteiger partial charge is 0.155 e. The Labute approximate surface area is 117 Å². The molecule has 19 heavy (non-hydrogen) atoms. The molecule has 0 radical (unpaired) electrons. The van der Waals surface area contributed by atoms with Crippen LogP contribution in [0.1, 0.15) is 31.5 Å². The third kappa shape index (κ3) is 2.30. The first-order chi connectivity index (χ1) is 9.19. The number of likely N-dealkylation sites (tertiary alicyclic amines) is 1. The maximum Gasteiger partial charge on any atom is 0.155 e. The van der Waals surface area contributed by atoms with Crippen molar-refractivity contribution in [3.05, 3.63) is 29.3 Å². The Bertz CT molecular complexity index is 588. The molecular formula is C14H18ClN3O. The zero-order chi connectivity index (χ0) is 13.4. The van der Waals surface area contributed by atoms with Gasteiger partial charge in [-0.1, -0.05) is 18.5 Å². The third-order valence-corrected chi connectivity index (χ3v) is 4.28. The van der Waals surface area contributed by atoms with E-state index >= 15 is 0 Å². The highest BCUT2D eigenvalue weighted by Crippen LogP contribution is 2.31. The fourth-order valence-corrected chi connectivity index (χ4v) is 3.09. The second kappa shape index (κ2) is 5.02. The number of halogens is 1. The summed E-state index contributed by atoms with van der Waals surface area (Å²) < 4.78 is 1.93. The first kappa shape index (κ1) is 12.8. The molecule has 0 bridgehead atoms. The number of hydrogen-bond donors (Lipinski definition) is 1. The standard InChI is InChI=1S/C14H18ClN3O/c1-2-17-7-5-10(6-8-17)14-16-13(15)12-4-3-11(19)9-18(12)14/h3-4,9-10,19H,2,5-8H2,1H3. The lowest BCUT2D eigenvalue weighted by atomic mass is 9.96. The Kier molecular flexibility index (Phi) is 3.37. The van der Waals surface area contributed by atoms with Gasteiger partial charge < -0.3 is 10.0 Å². The van der Waals surface area contributed by atoms with E-state index in [4.69, 9.17) is 11.6 Å². The molecule has 3 heterocycles. The second-order valence-electron chi connectivity index (χ2n) is 5.11. The lowest BCUT2D eigenvalue weighted by Gasteiger charge is -2.30. The molecule has 0 atom stereocenters. The molecule has 0 amide bonds. The van der Waals surface area contributed by atoms with Crippen molar-refractivity contribution in [2.24, 2.45) is 0 Å². The van der Waals surface area contributed by atoms with Crippen LogP contribution in [0, 0.1) is 0 Å². The van der Waals surface area contributed by atoms with Gasteiger partial charge in [0.05, 0.1) is 11.7 Å². The number of pyridine rings is 1. The second-order valence-corrected chi connectivity index (χ2v) is 5.47. The van der Waals surface area contributed by atoms with E-state index in [0.29, 0.717) is 11.1 Å². The van der Waals surface area contributed by atoms with Crippen LogP contribution in [-0.4, -0.2) is 39.0 Å². The van der Waals surface area contributed by atoms with Gasteiger partial charge in [-0.15, -0.1) is 0 Å². The summed E-state index contributed by atoms with van der Waals surface area (Å²) >= 11 is 6.18. The van der Waals surface area contributed by atoms with Crippen molar-refractivity contribution >= 4 is 17.1 Å². The molecule has 2 aromatic rings. The number of imidazole rings is 1. The van der Waals surface area contributed by atoms with E-state index in [1.165, 1.54) is 0 Å². The Hall–Kier alpha value is -1.26. The fraction of sp³-hybridized carbons (Fsp3) is 0.500. The Morgan fingerprint density at radius 3 is 2.79 bits per heavy atom. The summed E-state index contributed by atoms with van der Waals surface area (Å²) in [5.74, 6) is 1.64. The van der Waals surface area contributed by atoms with Crippen molar-refractivity contribution in [2.45, 2.75) is 25.7 Å². The number of nitrogens with zero attached hydrogens (tertiary/aromatic N) is 3. The van der Waals surface area contributed by atoms with Crippen LogP contribution >= 0.6 is 11.6 Å². The molecule has 0 aromatic carbocycles. The van der Waals surface area contributed by atoms with Gasteiger partial charge in [0.25, 0.3) is 0 Å². The van der Waals surface area contributed by atoms with E-state index in [9.17, 15) is 5.11 Å². The molecule has 4 nitrogen and oxygen atoms in total. The molecule has 0 unspecified atom stereocenters. The van der Waals surface area contributed by atoms with Crippen LogP contribution in [-0.2, 0) is 0 Å². The van der Waals surface area contributed by atoms with Crippen LogP contribution in [0.15, 0.2) is 18.3 Å². The molecule has 3 rings (SSSR count). The minimum absolute atomic E-state index is 0.244. The van der Waals surface area contributed by atoms with Gasteiger partial charge in [0.2, 0.25) is 0 Å². The summed E-state index contributed by atoms with van der Waals surface area (Å²) in [5, 5.41) is 10.2. The van der Waals surface area contributed by atoms with Crippen molar-refractivity contribution in [2.75, 3.05) is 19.6 Å². The van der Waals surface area contributed by atoms with Gasteiger partial charge in [-0.2, -0.15) is 0 Å². The third-order valence-electron chi connectivity index (χ3n) is 4.00. The Morgan fingerprint density at radius 1 is 1.37 bits per heavy atom. The molecule has 1 aliphatic heterocycles. The minimum Gasteiger partial charge on any atom is -0.506 e. The van der Waals surface area contributed by atoms with Crippen molar-refractivity contribution in [1.82, 2.24) is 14.3 Å². The SMILES string of the molecule is CCN1CCC(c2nc(Cl)c3ccc(O)cn23)CC1. The summed E-state index contributed by atoms with van der Waals surface area (Å²) in [6, 6.07) is 3.46. The van der Waals surface area contributed by atoms with E-state index in [-0.39, 0.29) is 5.75 Å². The highest BCUT2D eigenvalue weighted by atomic mass is 35.5. The molecule has 5 heteroatoms.